The molecule has 21 nitrogen and oxygen atoms in total. The van der Waals surface area contributed by atoms with E-state index in [4.69, 9.17) is 23.7 Å². The molecule has 1 aliphatic heterocycles. The third-order valence-electron chi connectivity index (χ3n) is 7.72. The summed E-state index contributed by atoms with van der Waals surface area (Å²) in [5.74, 6) is -16.6. The van der Waals surface area contributed by atoms with Gasteiger partial charge < -0.3 is 90.1 Å². The van der Waals surface area contributed by atoms with Gasteiger partial charge in [-0.3, -0.25) is 0 Å². The highest BCUT2D eigenvalue weighted by Crippen LogP contribution is 2.47. The molecule has 1 fully saturated rings. The molecule has 0 radical (unpaired) electrons. The molecule has 0 bridgehead atoms. The maximum atomic E-state index is 13.5. The molecule has 5 rings (SSSR count). The monoisotopic (exact) mass is 760 g/mol. The second-order valence-corrected chi connectivity index (χ2v) is 11.3. The zero-order valence-corrected chi connectivity index (χ0v) is 26.8. The van der Waals surface area contributed by atoms with E-state index >= 15 is 0 Å². The van der Waals surface area contributed by atoms with Crippen molar-refractivity contribution in [3.63, 3.8) is 0 Å². The minimum Gasteiger partial charge on any atom is -0.504 e. The highest BCUT2D eigenvalue weighted by Gasteiger charge is 2.52. The van der Waals surface area contributed by atoms with Crippen LogP contribution in [0.4, 0.5) is 0 Å². The average molecular weight is 761 g/mol. The van der Waals surface area contributed by atoms with Crippen LogP contribution < -0.4 is 4.74 Å². The van der Waals surface area contributed by atoms with Gasteiger partial charge in [-0.15, -0.1) is 0 Å². The Kier molecular flexibility index (Phi) is 10.4. The van der Waals surface area contributed by atoms with E-state index in [-0.39, 0.29) is 0 Å². The first-order valence-electron chi connectivity index (χ1n) is 15.0. The van der Waals surface area contributed by atoms with Crippen molar-refractivity contribution in [2.75, 3.05) is 6.61 Å². The summed E-state index contributed by atoms with van der Waals surface area (Å²) in [6.07, 6.45) is -10.6. The minimum atomic E-state index is -2.26. The molecule has 5 atom stereocenters. The third-order valence-corrected chi connectivity index (χ3v) is 7.72. The molecule has 0 unspecified atom stereocenters. The first-order chi connectivity index (χ1) is 25.4. The molecule has 1 aliphatic rings. The zero-order valence-electron chi connectivity index (χ0n) is 26.8. The van der Waals surface area contributed by atoms with E-state index in [1.807, 2.05) is 0 Å². The molecule has 1 saturated heterocycles. The van der Waals surface area contributed by atoms with Gasteiger partial charge in [-0.05, 0) is 48.5 Å². The van der Waals surface area contributed by atoms with Crippen molar-refractivity contribution in [1.82, 2.24) is 0 Å². The largest absolute Gasteiger partial charge is 0.504 e. The van der Waals surface area contributed by atoms with Gasteiger partial charge in [0.15, 0.2) is 63.6 Å². The predicted octanol–water partition coefficient (Wildman–Crippen LogP) is 0.927. The van der Waals surface area contributed by atoms with Crippen LogP contribution in [0, 0.1) is 0 Å². The van der Waals surface area contributed by atoms with Crippen LogP contribution >= 0.6 is 0 Å². The maximum absolute atomic E-state index is 13.5. The molecule has 0 aliphatic carbocycles. The smallest absolute Gasteiger partial charge is 0.340 e. The molecular formula is C33H28O21. The fourth-order valence-corrected chi connectivity index (χ4v) is 4.94. The number of carbonyl (C=O) groups is 3. The lowest BCUT2D eigenvalue weighted by molar-refractivity contribution is -0.283. The van der Waals surface area contributed by atoms with Crippen LogP contribution in [-0.2, 0) is 18.9 Å². The van der Waals surface area contributed by atoms with Crippen LogP contribution in [0.1, 0.15) is 31.1 Å². The lowest BCUT2D eigenvalue weighted by atomic mass is 9.98. The van der Waals surface area contributed by atoms with Gasteiger partial charge in [-0.2, -0.15) is 0 Å². The Balaban J connectivity index is 1.52. The van der Waals surface area contributed by atoms with Crippen LogP contribution in [0.25, 0.3) is 0 Å². The van der Waals surface area contributed by atoms with Crippen molar-refractivity contribution in [2.24, 2.45) is 0 Å². The Morgan fingerprint density at radius 3 is 1.46 bits per heavy atom. The molecule has 0 aromatic heterocycles. The lowest BCUT2D eigenvalue weighted by Crippen LogP contribution is -2.62. The van der Waals surface area contributed by atoms with E-state index in [2.05, 4.69) is 0 Å². The quantitative estimate of drug-likeness (QED) is 0.0640. The molecule has 54 heavy (non-hydrogen) atoms. The number of rotatable bonds is 9. The van der Waals surface area contributed by atoms with Gasteiger partial charge in [-0.1, -0.05) is 0 Å². The van der Waals surface area contributed by atoms with Gasteiger partial charge in [0.25, 0.3) is 0 Å². The average Bonchev–Trinajstić information content (AvgIpc) is 3.13. The Labute approximate surface area is 299 Å². The molecule has 286 valence electrons. The van der Waals surface area contributed by atoms with E-state index in [1.54, 1.807) is 0 Å². The van der Waals surface area contributed by atoms with Crippen LogP contribution in [0.3, 0.4) is 0 Å². The van der Waals surface area contributed by atoms with Crippen LogP contribution in [0.2, 0.25) is 0 Å². The topological polar surface area (TPSA) is 360 Å². The van der Waals surface area contributed by atoms with Crippen LogP contribution in [-0.4, -0.2) is 122 Å². The van der Waals surface area contributed by atoms with E-state index < -0.39 is 147 Å². The minimum absolute atomic E-state index is 0.584. The summed E-state index contributed by atoms with van der Waals surface area (Å²) in [5.41, 5.74) is -1.98. The Morgan fingerprint density at radius 1 is 0.519 bits per heavy atom. The van der Waals surface area contributed by atoms with Crippen molar-refractivity contribution in [2.45, 2.75) is 30.7 Å². The first-order valence-corrected chi connectivity index (χ1v) is 15.0. The molecule has 21 heteroatoms. The van der Waals surface area contributed by atoms with E-state index in [9.17, 15) is 80.8 Å². The molecule has 4 aromatic carbocycles. The Hall–Kier alpha value is -7.23. The fraction of sp³-hybridized carbons (Fsp3) is 0.182. The molecular weight excluding hydrogens is 732 g/mol. The standard InChI is InChI=1S/C33H28O21/c34-9-21-27(46)28(52-30(47)10-3-14(36)22(41)15(37)4-10)29(53-31(48)11-5-16(38)23(42)17(39)6-11)33(51-21)54-32(49)12-7-18(40)24(43)20(8-12)50-19-2-1-13(35)25(44)26(19)45/h1-8,21,27-29,33-46H,9H2/t21-,27-,28-,29+,33+/m1/s1. The second kappa shape index (κ2) is 14.8. The SMILES string of the molecule is O=C(O[C@@H]1O[C@H](CO)[C@@H](O)[C@@H](OC(=O)c2cc(O)c(O)c(O)c2)[C@@H]1OC(=O)c1cc(O)c(O)c(O)c1)c1cc(O)c(O)c(Oc2ccc(O)c(O)c2O)c1. The van der Waals surface area contributed by atoms with Gasteiger partial charge in [-0.25, -0.2) is 14.4 Å². The normalized spacial score (nSPS) is 19.4. The highest BCUT2D eigenvalue weighted by molar-refractivity contribution is 5.93. The number of hydrogen-bond acceptors (Lipinski definition) is 21. The van der Waals surface area contributed by atoms with Gasteiger partial charge in [0.1, 0.15) is 12.2 Å². The van der Waals surface area contributed by atoms with Crippen molar-refractivity contribution < 1.29 is 104 Å². The highest BCUT2D eigenvalue weighted by atomic mass is 16.7. The van der Waals surface area contributed by atoms with Crippen molar-refractivity contribution >= 4 is 17.9 Å². The van der Waals surface area contributed by atoms with Gasteiger partial charge in [0.05, 0.1) is 23.3 Å². The Morgan fingerprint density at radius 2 is 0.963 bits per heavy atom. The summed E-state index contributed by atoms with van der Waals surface area (Å²) in [6, 6.07) is 5.76. The summed E-state index contributed by atoms with van der Waals surface area (Å²) < 4.78 is 26.7. The molecule has 4 aromatic rings. The number of aromatic hydroxyl groups is 11. The summed E-state index contributed by atoms with van der Waals surface area (Å²) in [7, 11) is 0. The molecule has 0 saturated carbocycles. The first kappa shape index (κ1) is 38.0. The zero-order chi connectivity index (χ0) is 39.8. The van der Waals surface area contributed by atoms with Gasteiger partial charge in [0, 0.05) is 0 Å². The van der Waals surface area contributed by atoms with Crippen molar-refractivity contribution in [3.8, 4) is 74.7 Å². The fourth-order valence-electron chi connectivity index (χ4n) is 4.94. The number of phenolic OH excluding ortho intramolecular Hbond substituents is 11. The number of ether oxygens (including phenoxy) is 5. The number of benzene rings is 4. The number of hydrogen-bond donors (Lipinski definition) is 13. The summed E-state index contributed by atoms with van der Waals surface area (Å²) in [6.45, 7) is -1.06. The molecule has 0 spiro atoms. The number of phenols is 11. The lowest BCUT2D eigenvalue weighted by Gasteiger charge is -2.42. The van der Waals surface area contributed by atoms with Gasteiger partial charge in [0.2, 0.25) is 29.6 Å². The van der Waals surface area contributed by atoms with Crippen molar-refractivity contribution in [1.29, 1.82) is 0 Å². The number of aliphatic hydroxyl groups is 2. The predicted molar refractivity (Wildman–Crippen MR) is 170 cm³/mol. The maximum Gasteiger partial charge on any atom is 0.340 e. The van der Waals surface area contributed by atoms with Gasteiger partial charge >= 0.3 is 17.9 Å². The number of carbonyl (C=O) groups excluding carboxylic acids is 3. The van der Waals surface area contributed by atoms with Crippen LogP contribution in [0.15, 0.2) is 48.5 Å². The summed E-state index contributed by atoms with van der Waals surface area (Å²) in [5, 5.41) is 130. The van der Waals surface area contributed by atoms with Crippen molar-refractivity contribution in [3.05, 3.63) is 65.2 Å². The third kappa shape index (κ3) is 7.38. The van der Waals surface area contributed by atoms with E-state index in [0.717, 1.165) is 18.2 Å². The van der Waals surface area contributed by atoms with E-state index in [1.165, 1.54) is 0 Å². The molecule has 0 amide bonds. The second-order valence-electron chi connectivity index (χ2n) is 11.3. The molecule has 1 heterocycles. The summed E-state index contributed by atoms with van der Waals surface area (Å²) in [4.78, 5) is 39.9. The number of esters is 3. The molecule has 13 N–H and O–H groups in total. The number of aliphatic hydroxyl groups excluding tert-OH is 2. The van der Waals surface area contributed by atoms with Crippen LogP contribution in [0.5, 0.6) is 74.7 Å². The van der Waals surface area contributed by atoms with E-state index in [0.29, 0.717) is 30.3 Å². The summed E-state index contributed by atoms with van der Waals surface area (Å²) >= 11 is 0. The Bertz CT molecular complexity index is 2080.